The average molecular weight is 312 g/mol. The first kappa shape index (κ1) is 15.8. The Morgan fingerprint density at radius 3 is 2.57 bits per heavy atom. The van der Waals surface area contributed by atoms with E-state index >= 15 is 0 Å². The van der Waals surface area contributed by atoms with Crippen molar-refractivity contribution in [2.45, 2.75) is 20.3 Å². The molecule has 1 aromatic rings. The molecule has 0 aliphatic carbocycles. The molecule has 1 amide bonds. The van der Waals surface area contributed by atoms with Crippen LogP contribution in [0.25, 0.3) is 6.08 Å². The van der Waals surface area contributed by atoms with Gasteiger partial charge in [0.05, 0.1) is 11.6 Å². The standard InChI is InChI=1S/C19H24N2O2/c1-3-20(4-2)19(23)16-13-21-11-10-15(16)18(22)17(21)12-14-8-6-5-7-9-14/h5-9,12,15-16H,3-4,10-11,13H2,1-2H3/b17-12+/t15?,16-/m0/s1. The third-order valence-electron chi connectivity index (χ3n) is 5.04. The predicted molar refractivity (Wildman–Crippen MR) is 90.5 cm³/mol. The summed E-state index contributed by atoms with van der Waals surface area (Å²) in [5, 5.41) is 0. The summed E-state index contributed by atoms with van der Waals surface area (Å²) in [5.41, 5.74) is 1.81. The molecule has 3 aliphatic heterocycles. The maximum Gasteiger partial charge on any atom is 0.228 e. The monoisotopic (exact) mass is 312 g/mol. The van der Waals surface area contributed by atoms with Crippen LogP contribution in [0.1, 0.15) is 25.8 Å². The molecular formula is C19H24N2O2. The fraction of sp³-hybridized carbons (Fsp3) is 0.474. The largest absolute Gasteiger partial charge is 0.368 e. The van der Waals surface area contributed by atoms with Crippen molar-refractivity contribution in [1.82, 2.24) is 9.80 Å². The average Bonchev–Trinajstić information content (AvgIpc) is 2.59. The summed E-state index contributed by atoms with van der Waals surface area (Å²) in [7, 11) is 0. The summed E-state index contributed by atoms with van der Waals surface area (Å²) in [6.45, 7) is 6.94. The molecule has 23 heavy (non-hydrogen) atoms. The van der Waals surface area contributed by atoms with Gasteiger partial charge >= 0.3 is 0 Å². The molecule has 1 aromatic carbocycles. The van der Waals surface area contributed by atoms with Gasteiger partial charge in [-0.15, -0.1) is 0 Å². The Hall–Kier alpha value is -2.10. The Morgan fingerprint density at radius 2 is 1.96 bits per heavy atom. The maximum absolute atomic E-state index is 12.8. The normalized spacial score (nSPS) is 25.0. The maximum atomic E-state index is 12.8. The van der Waals surface area contributed by atoms with Crippen molar-refractivity contribution >= 4 is 17.8 Å². The second-order valence-corrected chi connectivity index (χ2v) is 6.26. The molecule has 4 rings (SSSR count). The van der Waals surface area contributed by atoms with Crippen LogP contribution in [0.4, 0.5) is 0 Å². The number of allylic oxidation sites excluding steroid dienone is 1. The van der Waals surface area contributed by atoms with Crippen molar-refractivity contribution in [2.24, 2.45) is 11.8 Å². The van der Waals surface area contributed by atoms with E-state index in [1.165, 1.54) is 0 Å². The highest BCUT2D eigenvalue weighted by molar-refractivity contribution is 6.04. The van der Waals surface area contributed by atoms with E-state index in [4.69, 9.17) is 0 Å². The molecule has 0 saturated carbocycles. The minimum atomic E-state index is -0.177. The molecule has 4 nitrogen and oxygen atoms in total. The van der Waals surface area contributed by atoms with Gasteiger partial charge in [-0.3, -0.25) is 9.59 Å². The van der Waals surface area contributed by atoms with Crippen LogP contribution in [0.2, 0.25) is 0 Å². The number of hydrogen-bond acceptors (Lipinski definition) is 3. The van der Waals surface area contributed by atoms with E-state index in [2.05, 4.69) is 4.90 Å². The quantitative estimate of drug-likeness (QED) is 0.802. The van der Waals surface area contributed by atoms with Crippen molar-refractivity contribution in [1.29, 1.82) is 0 Å². The number of fused-ring (bicyclic) bond motifs is 3. The lowest BCUT2D eigenvalue weighted by Crippen LogP contribution is -2.56. The summed E-state index contributed by atoms with van der Waals surface area (Å²) in [4.78, 5) is 29.5. The molecule has 3 fully saturated rings. The summed E-state index contributed by atoms with van der Waals surface area (Å²) < 4.78 is 0. The fourth-order valence-electron chi connectivity index (χ4n) is 3.72. The number of carbonyl (C=O) groups excluding carboxylic acids is 2. The predicted octanol–water partition coefficient (Wildman–Crippen LogP) is 2.42. The molecule has 2 bridgehead atoms. The van der Waals surface area contributed by atoms with Crippen molar-refractivity contribution in [3.05, 3.63) is 41.6 Å². The van der Waals surface area contributed by atoms with Crippen LogP contribution in [0.5, 0.6) is 0 Å². The molecule has 0 spiro atoms. The number of amides is 1. The molecule has 0 aromatic heterocycles. The summed E-state index contributed by atoms with van der Waals surface area (Å²) in [6.07, 6.45) is 2.76. The molecule has 0 radical (unpaired) electrons. The Kier molecular flexibility index (Phi) is 4.51. The minimum Gasteiger partial charge on any atom is -0.368 e. The number of Topliss-reactive ketones (excluding diaryl/α,β-unsaturated/α-hetero) is 1. The summed E-state index contributed by atoms with van der Waals surface area (Å²) in [6, 6.07) is 9.92. The first-order chi connectivity index (χ1) is 11.2. The molecule has 3 aliphatic rings. The highest BCUT2D eigenvalue weighted by Crippen LogP contribution is 2.37. The molecule has 3 saturated heterocycles. The first-order valence-electron chi connectivity index (χ1n) is 8.50. The molecule has 122 valence electrons. The van der Waals surface area contributed by atoms with Crippen LogP contribution in [0.3, 0.4) is 0 Å². The number of carbonyl (C=O) groups is 2. The van der Waals surface area contributed by atoms with Crippen LogP contribution >= 0.6 is 0 Å². The molecule has 2 atom stereocenters. The van der Waals surface area contributed by atoms with E-state index in [0.29, 0.717) is 19.6 Å². The van der Waals surface area contributed by atoms with Gasteiger partial charge in [0.15, 0.2) is 5.78 Å². The third kappa shape index (κ3) is 2.90. The number of piperidine rings is 3. The van der Waals surface area contributed by atoms with E-state index in [1.54, 1.807) is 0 Å². The smallest absolute Gasteiger partial charge is 0.228 e. The Balaban J connectivity index is 1.83. The van der Waals surface area contributed by atoms with Crippen LogP contribution in [0.15, 0.2) is 36.0 Å². The topological polar surface area (TPSA) is 40.6 Å². The van der Waals surface area contributed by atoms with Gasteiger partial charge < -0.3 is 9.80 Å². The van der Waals surface area contributed by atoms with Gasteiger partial charge in [-0.2, -0.15) is 0 Å². The zero-order chi connectivity index (χ0) is 16.4. The zero-order valence-electron chi connectivity index (χ0n) is 13.9. The van der Waals surface area contributed by atoms with Gasteiger partial charge in [0, 0.05) is 32.1 Å². The van der Waals surface area contributed by atoms with E-state index < -0.39 is 0 Å². The van der Waals surface area contributed by atoms with Crippen LogP contribution < -0.4 is 0 Å². The highest BCUT2D eigenvalue weighted by Gasteiger charge is 2.46. The van der Waals surface area contributed by atoms with Crippen LogP contribution in [-0.2, 0) is 9.59 Å². The summed E-state index contributed by atoms with van der Waals surface area (Å²) in [5.74, 6) is -0.0548. The van der Waals surface area contributed by atoms with Crippen LogP contribution in [-0.4, -0.2) is 47.7 Å². The third-order valence-corrected chi connectivity index (χ3v) is 5.04. The minimum absolute atomic E-state index is 0.136. The Labute approximate surface area is 137 Å². The molecule has 4 heteroatoms. The number of ketones is 1. The van der Waals surface area contributed by atoms with Crippen LogP contribution in [0, 0.1) is 11.8 Å². The molecule has 0 N–H and O–H groups in total. The Morgan fingerprint density at radius 1 is 1.26 bits per heavy atom. The molecule has 3 heterocycles. The molecule has 1 unspecified atom stereocenters. The highest BCUT2D eigenvalue weighted by atomic mass is 16.2. The van der Waals surface area contributed by atoms with Crippen molar-refractivity contribution in [3.8, 4) is 0 Å². The van der Waals surface area contributed by atoms with Gasteiger partial charge in [0.25, 0.3) is 0 Å². The van der Waals surface area contributed by atoms with E-state index in [1.807, 2.05) is 55.2 Å². The SMILES string of the molecule is CCN(CC)C(=O)[C@H]1CN2CCC1C(=O)/C2=C\c1ccccc1. The van der Waals surface area contributed by atoms with Crippen molar-refractivity contribution < 1.29 is 9.59 Å². The van der Waals surface area contributed by atoms with Crippen molar-refractivity contribution in [3.63, 3.8) is 0 Å². The van der Waals surface area contributed by atoms with Gasteiger partial charge in [-0.05, 0) is 31.9 Å². The van der Waals surface area contributed by atoms with E-state index in [9.17, 15) is 9.59 Å². The van der Waals surface area contributed by atoms with E-state index in [-0.39, 0.29) is 23.5 Å². The number of benzene rings is 1. The lowest BCUT2D eigenvalue weighted by atomic mass is 9.75. The van der Waals surface area contributed by atoms with Gasteiger partial charge in [0.1, 0.15) is 0 Å². The number of rotatable bonds is 4. The second kappa shape index (κ2) is 6.57. The lowest BCUT2D eigenvalue weighted by molar-refractivity contribution is -0.146. The first-order valence-corrected chi connectivity index (χ1v) is 8.50. The molecular weight excluding hydrogens is 288 g/mol. The van der Waals surface area contributed by atoms with E-state index in [0.717, 1.165) is 24.2 Å². The second-order valence-electron chi connectivity index (χ2n) is 6.26. The lowest BCUT2D eigenvalue weighted by Gasteiger charge is -2.46. The van der Waals surface area contributed by atoms with Gasteiger partial charge in [-0.1, -0.05) is 30.3 Å². The van der Waals surface area contributed by atoms with Gasteiger partial charge in [-0.25, -0.2) is 0 Å². The van der Waals surface area contributed by atoms with Gasteiger partial charge in [0.2, 0.25) is 5.91 Å². The van der Waals surface area contributed by atoms with Crippen molar-refractivity contribution in [2.75, 3.05) is 26.2 Å². The fourth-order valence-corrected chi connectivity index (χ4v) is 3.72. The number of hydrogen-bond donors (Lipinski definition) is 0. The Bertz CT molecular complexity index is 620. The number of nitrogens with zero attached hydrogens (tertiary/aromatic N) is 2. The zero-order valence-corrected chi connectivity index (χ0v) is 13.9. The summed E-state index contributed by atoms with van der Waals surface area (Å²) >= 11 is 0.